The maximum absolute atomic E-state index is 13.4. The first kappa shape index (κ1) is 18.0. The van der Waals surface area contributed by atoms with Gasteiger partial charge in [0.15, 0.2) is 0 Å². The molecule has 3 N–H and O–H groups in total. The van der Waals surface area contributed by atoms with Crippen LogP contribution in [0.15, 0.2) is 18.2 Å². The van der Waals surface area contributed by atoms with Gasteiger partial charge in [0, 0.05) is 19.6 Å². The van der Waals surface area contributed by atoms with E-state index < -0.39 is 29.6 Å². The number of anilines is 1. The fourth-order valence-electron chi connectivity index (χ4n) is 1.80. The van der Waals surface area contributed by atoms with E-state index in [1.165, 1.54) is 12.4 Å². The Morgan fingerprint density at radius 2 is 2.14 bits per heavy atom. The number of carbonyl (C=O) groups excluding carboxylic acids is 2. The molecule has 0 aliphatic rings. The molecule has 0 heterocycles. The number of amides is 1. The Kier molecular flexibility index (Phi) is 7.41. The topological polar surface area (TPSA) is 95.1 Å². The van der Waals surface area contributed by atoms with Crippen LogP contribution in [0.2, 0.25) is 0 Å². The molecule has 1 aromatic carbocycles. The molecule has 0 radical (unpaired) electrons. The van der Waals surface area contributed by atoms with E-state index in [0.717, 1.165) is 12.1 Å². The monoisotopic (exact) mass is 316 g/mol. The van der Waals surface area contributed by atoms with E-state index >= 15 is 0 Å². The van der Waals surface area contributed by atoms with Crippen LogP contribution in [0.4, 0.5) is 14.5 Å². The standard InChI is InChI=1S/C14H18F2N2O4/c1-22-6-2-5-17-12(14(20)21)8-13(19)18-11-4-3-9(15)7-10(11)16/h3-4,7,12,17H,2,5-6,8H2,1H3,(H,18,19)(H,20,21)/t12-/m0/s1. The summed E-state index contributed by atoms with van der Waals surface area (Å²) in [4.78, 5) is 22.7. The van der Waals surface area contributed by atoms with Crippen LogP contribution in [0.5, 0.6) is 0 Å². The summed E-state index contributed by atoms with van der Waals surface area (Å²) < 4.78 is 31.0. The highest BCUT2D eigenvalue weighted by atomic mass is 19.1. The molecule has 0 aliphatic carbocycles. The number of rotatable bonds is 9. The normalized spacial score (nSPS) is 12.0. The van der Waals surface area contributed by atoms with Crippen molar-refractivity contribution in [2.24, 2.45) is 0 Å². The molecule has 22 heavy (non-hydrogen) atoms. The molecule has 1 rings (SSSR count). The van der Waals surface area contributed by atoms with E-state index in [9.17, 15) is 23.5 Å². The van der Waals surface area contributed by atoms with Crippen LogP contribution >= 0.6 is 0 Å². The van der Waals surface area contributed by atoms with Crippen molar-refractivity contribution in [1.82, 2.24) is 0 Å². The predicted octanol–water partition coefficient (Wildman–Crippen LogP) is -0.988. The lowest BCUT2D eigenvalue weighted by Crippen LogP contribution is -2.93. The molecule has 1 aromatic rings. The number of benzene rings is 1. The Morgan fingerprint density at radius 1 is 1.41 bits per heavy atom. The number of carboxylic acid groups (broad SMARTS) is 1. The van der Waals surface area contributed by atoms with Gasteiger partial charge in [-0.05, 0) is 12.1 Å². The number of methoxy groups -OCH3 is 1. The molecule has 1 atom stereocenters. The van der Waals surface area contributed by atoms with Gasteiger partial charge in [0.05, 0.1) is 31.2 Å². The highest BCUT2D eigenvalue weighted by Crippen LogP contribution is 2.15. The first-order valence-electron chi connectivity index (χ1n) is 6.72. The van der Waals surface area contributed by atoms with Crippen molar-refractivity contribution in [3.63, 3.8) is 0 Å². The Hall–Kier alpha value is -2.06. The summed E-state index contributed by atoms with van der Waals surface area (Å²) in [5.74, 6) is -3.77. The lowest BCUT2D eigenvalue weighted by atomic mass is 10.2. The molecule has 0 unspecified atom stereocenters. The van der Waals surface area contributed by atoms with Gasteiger partial charge >= 0.3 is 0 Å². The van der Waals surface area contributed by atoms with Gasteiger partial charge in [0.2, 0.25) is 5.91 Å². The second-order valence-electron chi connectivity index (χ2n) is 4.67. The number of carbonyl (C=O) groups is 2. The van der Waals surface area contributed by atoms with Crippen molar-refractivity contribution in [1.29, 1.82) is 0 Å². The van der Waals surface area contributed by atoms with Crippen LogP contribution in [-0.4, -0.2) is 38.2 Å². The second kappa shape index (κ2) is 9.06. The molecule has 0 saturated carbocycles. The molecule has 0 aromatic heterocycles. The Bertz CT molecular complexity index is 526. The van der Waals surface area contributed by atoms with Crippen molar-refractivity contribution in [2.75, 3.05) is 25.6 Å². The summed E-state index contributed by atoms with van der Waals surface area (Å²) >= 11 is 0. The molecule has 0 aliphatic heterocycles. The summed E-state index contributed by atoms with van der Waals surface area (Å²) in [5, 5.41) is 14.6. The van der Waals surface area contributed by atoms with Crippen LogP contribution in [-0.2, 0) is 14.3 Å². The van der Waals surface area contributed by atoms with Gasteiger partial charge in [-0.1, -0.05) is 0 Å². The van der Waals surface area contributed by atoms with E-state index in [1.54, 1.807) is 0 Å². The molecule has 0 spiro atoms. The fraction of sp³-hybridized carbons (Fsp3) is 0.429. The molecular weight excluding hydrogens is 298 g/mol. The van der Waals surface area contributed by atoms with E-state index in [1.807, 2.05) is 0 Å². The summed E-state index contributed by atoms with van der Waals surface area (Å²) in [6, 6.07) is 1.60. The van der Waals surface area contributed by atoms with Crippen LogP contribution in [0.25, 0.3) is 0 Å². The SMILES string of the molecule is COCCC[NH2+][C@@H](CC(=O)Nc1ccc(F)cc1F)C(=O)[O-]. The molecule has 0 saturated heterocycles. The third-order valence-corrected chi connectivity index (χ3v) is 2.92. The minimum atomic E-state index is -1.38. The number of halogens is 2. The van der Waals surface area contributed by atoms with E-state index in [0.29, 0.717) is 25.6 Å². The molecule has 6 nitrogen and oxygen atoms in total. The molecule has 8 heteroatoms. The largest absolute Gasteiger partial charge is 0.544 e. The summed E-state index contributed by atoms with van der Waals surface area (Å²) in [6.07, 6.45) is 0.237. The summed E-state index contributed by atoms with van der Waals surface area (Å²) in [5.41, 5.74) is -0.206. The molecule has 0 bridgehead atoms. The average molecular weight is 316 g/mol. The van der Waals surface area contributed by atoms with E-state index in [-0.39, 0.29) is 12.1 Å². The number of nitrogens with one attached hydrogen (secondary N) is 1. The smallest absolute Gasteiger partial charge is 0.230 e. The zero-order valence-corrected chi connectivity index (χ0v) is 12.1. The van der Waals surface area contributed by atoms with Crippen LogP contribution in [0, 0.1) is 11.6 Å². The first-order chi connectivity index (χ1) is 10.4. The van der Waals surface area contributed by atoms with Gasteiger partial charge in [0.1, 0.15) is 17.7 Å². The number of hydrogen-bond acceptors (Lipinski definition) is 4. The predicted molar refractivity (Wildman–Crippen MR) is 71.7 cm³/mol. The highest BCUT2D eigenvalue weighted by molar-refractivity contribution is 5.93. The maximum atomic E-state index is 13.4. The first-order valence-corrected chi connectivity index (χ1v) is 6.72. The zero-order chi connectivity index (χ0) is 16.5. The molecule has 122 valence electrons. The van der Waals surface area contributed by atoms with Crippen LogP contribution < -0.4 is 15.7 Å². The summed E-state index contributed by atoms with van der Waals surface area (Å²) in [6.45, 7) is 0.925. The van der Waals surface area contributed by atoms with Crippen molar-refractivity contribution in [2.45, 2.75) is 18.9 Å². The zero-order valence-electron chi connectivity index (χ0n) is 12.1. The van der Waals surface area contributed by atoms with Gasteiger partial charge in [-0.2, -0.15) is 0 Å². The molecule has 1 amide bonds. The third kappa shape index (κ3) is 6.15. The summed E-state index contributed by atoms with van der Waals surface area (Å²) in [7, 11) is 1.53. The third-order valence-electron chi connectivity index (χ3n) is 2.92. The van der Waals surface area contributed by atoms with Gasteiger partial charge in [-0.3, -0.25) is 4.79 Å². The maximum Gasteiger partial charge on any atom is 0.230 e. The van der Waals surface area contributed by atoms with Gasteiger partial charge in [-0.15, -0.1) is 0 Å². The number of hydrogen-bond donors (Lipinski definition) is 2. The number of quaternary nitrogens is 1. The minimum absolute atomic E-state index is 0.206. The fourth-order valence-corrected chi connectivity index (χ4v) is 1.80. The Labute approximate surface area is 126 Å². The number of nitrogens with two attached hydrogens (primary N) is 1. The van der Waals surface area contributed by atoms with Crippen LogP contribution in [0.1, 0.15) is 12.8 Å². The van der Waals surface area contributed by atoms with E-state index in [2.05, 4.69) is 5.32 Å². The number of ether oxygens (including phenoxy) is 1. The van der Waals surface area contributed by atoms with Crippen LogP contribution in [0.3, 0.4) is 0 Å². The quantitative estimate of drug-likeness (QED) is 0.572. The van der Waals surface area contributed by atoms with Gasteiger partial charge < -0.3 is 25.3 Å². The van der Waals surface area contributed by atoms with E-state index in [4.69, 9.17) is 4.74 Å². The van der Waals surface area contributed by atoms with Gasteiger partial charge in [-0.25, -0.2) is 8.78 Å². The minimum Gasteiger partial charge on any atom is -0.544 e. The Balaban J connectivity index is 2.54. The average Bonchev–Trinajstić information content (AvgIpc) is 2.45. The van der Waals surface area contributed by atoms with Crippen molar-refractivity contribution < 1.29 is 33.5 Å². The van der Waals surface area contributed by atoms with Crippen molar-refractivity contribution in [3.05, 3.63) is 29.8 Å². The molecular formula is C14H18F2N2O4. The highest BCUT2D eigenvalue weighted by Gasteiger charge is 2.19. The lowest BCUT2D eigenvalue weighted by Gasteiger charge is -2.16. The Morgan fingerprint density at radius 3 is 2.73 bits per heavy atom. The van der Waals surface area contributed by atoms with Crippen molar-refractivity contribution in [3.8, 4) is 0 Å². The lowest BCUT2D eigenvalue weighted by molar-refractivity contribution is -0.682. The van der Waals surface area contributed by atoms with Crippen molar-refractivity contribution >= 4 is 17.6 Å². The molecule has 0 fully saturated rings. The van der Waals surface area contributed by atoms with Gasteiger partial charge in [0.25, 0.3) is 0 Å². The number of aliphatic carboxylic acids is 1. The second-order valence-corrected chi connectivity index (χ2v) is 4.67. The number of carboxylic acids is 1.